The number of aromatic nitrogens is 1. The summed E-state index contributed by atoms with van der Waals surface area (Å²) < 4.78 is 10.9. The standard InChI is InChI=1S/C18H18Cl2N2O3/c19-15-5-4-13(9-16(15)20)10-22(11-14-3-1-2-6-21-14)18(23)17-12-24-7-8-25-17/h1-6,9,17H,7-8,10-12H2. The molecule has 25 heavy (non-hydrogen) atoms. The van der Waals surface area contributed by atoms with Gasteiger partial charge in [0.2, 0.25) is 0 Å². The van der Waals surface area contributed by atoms with Gasteiger partial charge in [0.25, 0.3) is 5.91 Å². The number of amides is 1. The van der Waals surface area contributed by atoms with Gasteiger partial charge in [-0.1, -0.05) is 35.3 Å². The second kappa shape index (κ2) is 8.63. The molecular formula is C18H18Cl2N2O3. The predicted octanol–water partition coefficient (Wildman–Crippen LogP) is 3.33. The second-order valence-electron chi connectivity index (χ2n) is 5.70. The fourth-order valence-corrected chi connectivity index (χ4v) is 2.91. The van der Waals surface area contributed by atoms with Gasteiger partial charge in [0.15, 0.2) is 6.10 Å². The highest BCUT2D eigenvalue weighted by molar-refractivity contribution is 6.42. The average molecular weight is 381 g/mol. The number of carbonyl (C=O) groups is 1. The van der Waals surface area contributed by atoms with Crippen molar-refractivity contribution in [3.63, 3.8) is 0 Å². The second-order valence-corrected chi connectivity index (χ2v) is 6.51. The molecule has 1 amide bonds. The minimum Gasteiger partial charge on any atom is -0.376 e. The normalized spacial score (nSPS) is 17.3. The van der Waals surface area contributed by atoms with Crippen LogP contribution in [0.25, 0.3) is 0 Å². The van der Waals surface area contributed by atoms with Gasteiger partial charge in [0, 0.05) is 12.7 Å². The quantitative estimate of drug-likeness (QED) is 0.797. The van der Waals surface area contributed by atoms with Gasteiger partial charge < -0.3 is 14.4 Å². The van der Waals surface area contributed by atoms with E-state index >= 15 is 0 Å². The molecule has 0 N–H and O–H groups in total. The summed E-state index contributed by atoms with van der Waals surface area (Å²) in [4.78, 5) is 18.9. The summed E-state index contributed by atoms with van der Waals surface area (Å²) >= 11 is 12.1. The number of ether oxygens (including phenoxy) is 2. The molecule has 0 aliphatic carbocycles. The molecule has 5 nitrogen and oxygen atoms in total. The molecule has 1 aromatic carbocycles. The summed E-state index contributed by atoms with van der Waals surface area (Å²) in [7, 11) is 0. The number of nitrogens with zero attached hydrogens (tertiary/aromatic N) is 2. The van der Waals surface area contributed by atoms with Crippen molar-refractivity contribution in [1.82, 2.24) is 9.88 Å². The van der Waals surface area contributed by atoms with Crippen LogP contribution in [0.15, 0.2) is 42.6 Å². The molecule has 1 unspecified atom stereocenters. The van der Waals surface area contributed by atoms with Crippen molar-refractivity contribution in [2.45, 2.75) is 19.2 Å². The summed E-state index contributed by atoms with van der Waals surface area (Å²) in [6.07, 6.45) is 1.11. The van der Waals surface area contributed by atoms with Gasteiger partial charge in [-0.3, -0.25) is 9.78 Å². The Kier molecular flexibility index (Phi) is 6.26. The van der Waals surface area contributed by atoms with Crippen molar-refractivity contribution in [3.8, 4) is 0 Å². The highest BCUT2D eigenvalue weighted by Crippen LogP contribution is 2.24. The molecule has 7 heteroatoms. The molecule has 1 aliphatic heterocycles. The van der Waals surface area contributed by atoms with E-state index in [1.807, 2.05) is 24.3 Å². The molecule has 1 aromatic heterocycles. The van der Waals surface area contributed by atoms with Crippen molar-refractivity contribution in [1.29, 1.82) is 0 Å². The van der Waals surface area contributed by atoms with Crippen LogP contribution in [0.5, 0.6) is 0 Å². The van der Waals surface area contributed by atoms with Gasteiger partial charge in [0.1, 0.15) is 0 Å². The molecule has 2 aromatic rings. The fourth-order valence-electron chi connectivity index (χ4n) is 2.59. The molecule has 0 spiro atoms. The molecule has 1 saturated heterocycles. The van der Waals surface area contributed by atoms with E-state index in [4.69, 9.17) is 32.7 Å². The van der Waals surface area contributed by atoms with Gasteiger partial charge in [-0.2, -0.15) is 0 Å². The number of rotatable bonds is 5. The number of hydrogen-bond acceptors (Lipinski definition) is 4. The first-order valence-electron chi connectivity index (χ1n) is 7.95. The maximum Gasteiger partial charge on any atom is 0.254 e. The number of pyridine rings is 1. The van der Waals surface area contributed by atoms with Crippen LogP contribution in [0.2, 0.25) is 10.0 Å². The summed E-state index contributed by atoms with van der Waals surface area (Å²) in [6, 6.07) is 11.0. The lowest BCUT2D eigenvalue weighted by Crippen LogP contribution is -2.44. The van der Waals surface area contributed by atoms with E-state index < -0.39 is 6.10 Å². The zero-order chi connectivity index (χ0) is 17.6. The smallest absolute Gasteiger partial charge is 0.254 e. The van der Waals surface area contributed by atoms with Crippen LogP contribution in [-0.4, -0.2) is 41.7 Å². The topological polar surface area (TPSA) is 51.7 Å². The lowest BCUT2D eigenvalue weighted by atomic mass is 10.2. The molecular weight excluding hydrogens is 363 g/mol. The molecule has 0 saturated carbocycles. The van der Waals surface area contributed by atoms with Crippen molar-refractivity contribution in [2.24, 2.45) is 0 Å². The third-order valence-corrected chi connectivity index (χ3v) is 4.58. The summed E-state index contributed by atoms with van der Waals surface area (Å²) in [5.41, 5.74) is 1.68. The summed E-state index contributed by atoms with van der Waals surface area (Å²) in [5, 5.41) is 0.943. The zero-order valence-corrected chi connectivity index (χ0v) is 15.0. The first-order valence-corrected chi connectivity index (χ1v) is 8.71. The molecule has 0 bridgehead atoms. The Balaban J connectivity index is 1.79. The SMILES string of the molecule is O=C(C1COCCO1)N(Cc1ccc(Cl)c(Cl)c1)Cc1ccccn1. The Morgan fingerprint density at radius 2 is 2.04 bits per heavy atom. The summed E-state index contributed by atoms with van der Waals surface area (Å²) in [6.45, 7) is 1.95. The number of benzene rings is 1. The third-order valence-electron chi connectivity index (χ3n) is 3.84. The van der Waals surface area contributed by atoms with Crippen molar-refractivity contribution < 1.29 is 14.3 Å². The number of halogens is 2. The van der Waals surface area contributed by atoms with Gasteiger partial charge in [-0.05, 0) is 29.8 Å². The Bertz CT molecular complexity index is 722. The molecule has 1 atom stereocenters. The monoisotopic (exact) mass is 380 g/mol. The minimum absolute atomic E-state index is 0.128. The lowest BCUT2D eigenvalue weighted by Gasteiger charge is -2.29. The molecule has 3 rings (SSSR count). The van der Waals surface area contributed by atoms with Crippen LogP contribution < -0.4 is 0 Å². The van der Waals surface area contributed by atoms with Crippen LogP contribution in [0.4, 0.5) is 0 Å². The Morgan fingerprint density at radius 3 is 2.72 bits per heavy atom. The first-order chi connectivity index (χ1) is 12.1. The fraction of sp³-hybridized carbons (Fsp3) is 0.333. The first kappa shape index (κ1) is 18.1. The molecule has 132 valence electrons. The van der Waals surface area contributed by atoms with Crippen LogP contribution in [-0.2, 0) is 27.4 Å². The van der Waals surface area contributed by atoms with E-state index in [9.17, 15) is 4.79 Å². The largest absolute Gasteiger partial charge is 0.376 e. The number of hydrogen-bond donors (Lipinski definition) is 0. The van der Waals surface area contributed by atoms with Gasteiger partial charge >= 0.3 is 0 Å². The lowest BCUT2D eigenvalue weighted by molar-refractivity contribution is -0.159. The number of carbonyl (C=O) groups excluding carboxylic acids is 1. The summed E-state index contributed by atoms with van der Waals surface area (Å²) in [5.74, 6) is -0.128. The van der Waals surface area contributed by atoms with Gasteiger partial charge in [-0.25, -0.2) is 0 Å². The van der Waals surface area contributed by atoms with E-state index in [1.54, 1.807) is 23.2 Å². The molecule has 0 radical (unpaired) electrons. The van der Waals surface area contributed by atoms with E-state index in [2.05, 4.69) is 4.98 Å². The van der Waals surface area contributed by atoms with Crippen LogP contribution in [0.3, 0.4) is 0 Å². The van der Waals surface area contributed by atoms with Gasteiger partial charge in [0.05, 0.1) is 42.1 Å². The maximum absolute atomic E-state index is 12.9. The Morgan fingerprint density at radius 1 is 1.16 bits per heavy atom. The van der Waals surface area contributed by atoms with E-state index in [0.717, 1.165) is 11.3 Å². The van der Waals surface area contributed by atoms with Gasteiger partial charge in [-0.15, -0.1) is 0 Å². The van der Waals surface area contributed by atoms with Crippen molar-refractivity contribution >= 4 is 29.1 Å². The van der Waals surface area contributed by atoms with E-state index in [-0.39, 0.29) is 12.5 Å². The van der Waals surface area contributed by atoms with Crippen molar-refractivity contribution in [2.75, 3.05) is 19.8 Å². The van der Waals surface area contributed by atoms with Crippen LogP contribution in [0, 0.1) is 0 Å². The van der Waals surface area contributed by atoms with E-state index in [0.29, 0.717) is 36.3 Å². The highest BCUT2D eigenvalue weighted by Gasteiger charge is 2.28. The Labute approximate surface area is 156 Å². The molecule has 2 heterocycles. The van der Waals surface area contributed by atoms with Crippen LogP contribution in [0.1, 0.15) is 11.3 Å². The zero-order valence-electron chi connectivity index (χ0n) is 13.5. The molecule has 1 fully saturated rings. The van der Waals surface area contributed by atoms with E-state index in [1.165, 1.54) is 0 Å². The van der Waals surface area contributed by atoms with Crippen molar-refractivity contribution in [3.05, 3.63) is 63.9 Å². The third kappa shape index (κ3) is 4.92. The minimum atomic E-state index is -0.597. The van der Waals surface area contributed by atoms with Crippen LogP contribution >= 0.6 is 23.2 Å². The predicted molar refractivity (Wildman–Crippen MR) is 95.5 cm³/mol. The average Bonchev–Trinajstić information content (AvgIpc) is 2.65. The highest BCUT2D eigenvalue weighted by atomic mass is 35.5. The maximum atomic E-state index is 12.9. The molecule has 1 aliphatic rings. The Hall–Kier alpha value is -1.66.